The molecule has 0 N–H and O–H groups in total. The lowest BCUT2D eigenvalue weighted by Crippen LogP contribution is -2.10. The van der Waals surface area contributed by atoms with E-state index in [0.717, 1.165) is 15.6 Å². The van der Waals surface area contributed by atoms with Gasteiger partial charge in [-0.25, -0.2) is 9.79 Å². The standard InChI is InChI=1S/C20H18BrNO2/c1-20(2,3)15-9-7-13(8-10-15)11-17-19(23)24-18(22-17)14-5-4-6-16(21)12-14/h4-12H,1-3H3/b17-11+. The third-order valence-electron chi connectivity index (χ3n) is 3.77. The molecule has 0 saturated carbocycles. The van der Waals surface area contributed by atoms with Crippen molar-refractivity contribution in [2.45, 2.75) is 26.2 Å². The summed E-state index contributed by atoms with van der Waals surface area (Å²) < 4.78 is 6.20. The van der Waals surface area contributed by atoms with Gasteiger partial charge in [-0.15, -0.1) is 0 Å². The summed E-state index contributed by atoms with van der Waals surface area (Å²) in [5.41, 5.74) is 3.35. The Labute approximate surface area is 150 Å². The van der Waals surface area contributed by atoms with Gasteiger partial charge in [0.25, 0.3) is 0 Å². The number of esters is 1. The molecule has 0 bridgehead atoms. The summed E-state index contributed by atoms with van der Waals surface area (Å²) in [6.07, 6.45) is 1.75. The molecule has 0 amide bonds. The van der Waals surface area contributed by atoms with Crippen LogP contribution in [0.15, 0.2) is 63.7 Å². The zero-order chi connectivity index (χ0) is 17.3. The van der Waals surface area contributed by atoms with E-state index in [4.69, 9.17) is 4.74 Å². The van der Waals surface area contributed by atoms with Gasteiger partial charge in [0.2, 0.25) is 5.90 Å². The van der Waals surface area contributed by atoms with Crippen molar-refractivity contribution < 1.29 is 9.53 Å². The third kappa shape index (κ3) is 3.65. The van der Waals surface area contributed by atoms with E-state index in [0.29, 0.717) is 11.6 Å². The molecule has 1 heterocycles. The van der Waals surface area contributed by atoms with Crippen molar-refractivity contribution in [1.29, 1.82) is 0 Å². The highest BCUT2D eigenvalue weighted by Crippen LogP contribution is 2.24. The first-order valence-corrected chi connectivity index (χ1v) is 8.51. The van der Waals surface area contributed by atoms with Gasteiger partial charge in [-0.05, 0) is 40.8 Å². The molecule has 0 fully saturated rings. The maximum Gasteiger partial charge on any atom is 0.363 e. The summed E-state index contributed by atoms with van der Waals surface area (Å²) in [6, 6.07) is 15.7. The Bertz CT molecular complexity index is 843. The summed E-state index contributed by atoms with van der Waals surface area (Å²) in [5.74, 6) is -0.0938. The number of ether oxygens (including phenoxy) is 1. The highest BCUT2D eigenvalue weighted by Gasteiger charge is 2.24. The van der Waals surface area contributed by atoms with Crippen LogP contribution in [-0.2, 0) is 14.9 Å². The molecule has 3 rings (SSSR count). The highest BCUT2D eigenvalue weighted by atomic mass is 79.9. The van der Waals surface area contributed by atoms with Crippen molar-refractivity contribution in [3.05, 3.63) is 75.4 Å². The van der Waals surface area contributed by atoms with Crippen LogP contribution in [0.3, 0.4) is 0 Å². The summed E-state index contributed by atoms with van der Waals surface area (Å²) in [7, 11) is 0. The smallest absolute Gasteiger partial charge is 0.363 e. The van der Waals surface area contributed by atoms with E-state index >= 15 is 0 Å². The molecule has 2 aromatic rings. The maximum atomic E-state index is 12.1. The first-order valence-electron chi connectivity index (χ1n) is 7.72. The lowest BCUT2D eigenvalue weighted by atomic mass is 9.87. The molecule has 2 aromatic carbocycles. The van der Waals surface area contributed by atoms with Crippen molar-refractivity contribution in [2.24, 2.45) is 4.99 Å². The largest absolute Gasteiger partial charge is 0.402 e. The fraction of sp³-hybridized carbons (Fsp3) is 0.200. The van der Waals surface area contributed by atoms with E-state index < -0.39 is 5.97 Å². The fourth-order valence-corrected chi connectivity index (χ4v) is 2.79. The molecular weight excluding hydrogens is 366 g/mol. The average Bonchev–Trinajstić information content (AvgIpc) is 2.88. The quantitative estimate of drug-likeness (QED) is 0.534. The fourth-order valence-electron chi connectivity index (χ4n) is 2.39. The van der Waals surface area contributed by atoms with Gasteiger partial charge in [-0.1, -0.05) is 67.0 Å². The van der Waals surface area contributed by atoms with Crippen molar-refractivity contribution in [1.82, 2.24) is 0 Å². The SMILES string of the molecule is CC(C)(C)c1ccc(/C=C2/N=C(c3cccc(Br)c3)OC2=O)cc1. The number of aliphatic imine (C=N–C) groups is 1. The van der Waals surface area contributed by atoms with Crippen LogP contribution in [0.5, 0.6) is 0 Å². The Morgan fingerprint density at radius 1 is 1.08 bits per heavy atom. The lowest BCUT2D eigenvalue weighted by Gasteiger charge is -2.18. The van der Waals surface area contributed by atoms with Crippen LogP contribution in [0.1, 0.15) is 37.5 Å². The summed E-state index contributed by atoms with van der Waals surface area (Å²) >= 11 is 3.41. The van der Waals surface area contributed by atoms with Crippen LogP contribution in [0.25, 0.3) is 6.08 Å². The van der Waals surface area contributed by atoms with Gasteiger partial charge >= 0.3 is 5.97 Å². The Morgan fingerprint density at radius 3 is 2.42 bits per heavy atom. The van der Waals surface area contributed by atoms with Crippen LogP contribution in [0.2, 0.25) is 0 Å². The second kappa shape index (κ2) is 6.36. The van der Waals surface area contributed by atoms with Gasteiger partial charge in [0, 0.05) is 10.0 Å². The predicted octanol–water partition coefficient (Wildman–Crippen LogP) is 5.09. The molecule has 0 atom stereocenters. The number of carbonyl (C=O) groups excluding carboxylic acids is 1. The van der Waals surface area contributed by atoms with Crippen LogP contribution < -0.4 is 0 Å². The first-order chi connectivity index (χ1) is 11.3. The normalized spacial score (nSPS) is 16.2. The number of hydrogen-bond acceptors (Lipinski definition) is 3. The molecule has 0 radical (unpaired) electrons. The van der Waals surface area contributed by atoms with E-state index in [2.05, 4.69) is 53.8 Å². The zero-order valence-corrected chi connectivity index (χ0v) is 15.4. The second-order valence-electron chi connectivity index (χ2n) is 6.72. The van der Waals surface area contributed by atoms with E-state index in [1.54, 1.807) is 6.08 Å². The molecule has 0 unspecified atom stereocenters. The molecule has 24 heavy (non-hydrogen) atoms. The number of nitrogens with zero attached hydrogens (tertiary/aromatic N) is 1. The van der Waals surface area contributed by atoms with E-state index in [1.807, 2.05) is 36.4 Å². The number of cyclic esters (lactones) is 1. The third-order valence-corrected chi connectivity index (χ3v) is 4.27. The van der Waals surface area contributed by atoms with Crippen molar-refractivity contribution in [3.8, 4) is 0 Å². The summed E-state index contributed by atoms with van der Waals surface area (Å²) in [5, 5.41) is 0. The van der Waals surface area contributed by atoms with Crippen molar-refractivity contribution >= 4 is 33.9 Å². The summed E-state index contributed by atoms with van der Waals surface area (Å²) in [4.78, 5) is 16.4. The van der Waals surface area contributed by atoms with Crippen LogP contribution >= 0.6 is 15.9 Å². The zero-order valence-electron chi connectivity index (χ0n) is 13.8. The van der Waals surface area contributed by atoms with Crippen LogP contribution in [0.4, 0.5) is 0 Å². The second-order valence-corrected chi connectivity index (χ2v) is 7.63. The van der Waals surface area contributed by atoms with Gasteiger partial charge in [0.1, 0.15) is 0 Å². The van der Waals surface area contributed by atoms with E-state index in [-0.39, 0.29) is 5.41 Å². The average molecular weight is 384 g/mol. The molecule has 0 spiro atoms. The molecule has 0 saturated heterocycles. The molecule has 122 valence electrons. The molecule has 1 aliphatic heterocycles. The minimum absolute atomic E-state index is 0.101. The topological polar surface area (TPSA) is 38.7 Å². The number of benzene rings is 2. The minimum Gasteiger partial charge on any atom is -0.402 e. The van der Waals surface area contributed by atoms with Crippen molar-refractivity contribution in [2.75, 3.05) is 0 Å². The molecule has 0 aromatic heterocycles. The highest BCUT2D eigenvalue weighted by molar-refractivity contribution is 9.10. The van der Waals surface area contributed by atoms with Gasteiger partial charge < -0.3 is 4.74 Å². The summed E-state index contributed by atoms with van der Waals surface area (Å²) in [6.45, 7) is 6.51. The number of rotatable bonds is 2. The Kier molecular flexibility index (Phi) is 4.41. The van der Waals surface area contributed by atoms with E-state index in [1.165, 1.54) is 5.56 Å². The number of carbonyl (C=O) groups is 1. The maximum absolute atomic E-state index is 12.1. The number of halogens is 1. The Morgan fingerprint density at radius 2 is 1.79 bits per heavy atom. The molecule has 1 aliphatic rings. The monoisotopic (exact) mass is 383 g/mol. The lowest BCUT2D eigenvalue weighted by molar-refractivity contribution is -0.129. The van der Waals surface area contributed by atoms with Crippen LogP contribution in [0, 0.1) is 0 Å². The van der Waals surface area contributed by atoms with Gasteiger partial charge in [-0.2, -0.15) is 0 Å². The van der Waals surface area contributed by atoms with Crippen LogP contribution in [-0.4, -0.2) is 11.9 Å². The van der Waals surface area contributed by atoms with Crippen molar-refractivity contribution in [3.63, 3.8) is 0 Å². The molecular formula is C20H18BrNO2. The first kappa shape index (κ1) is 16.7. The number of hydrogen-bond donors (Lipinski definition) is 0. The predicted molar refractivity (Wildman–Crippen MR) is 99.9 cm³/mol. The van der Waals surface area contributed by atoms with E-state index in [9.17, 15) is 4.79 Å². The minimum atomic E-state index is -0.426. The molecule has 3 nitrogen and oxygen atoms in total. The van der Waals surface area contributed by atoms with Gasteiger partial charge in [-0.3, -0.25) is 0 Å². The molecule has 0 aliphatic carbocycles. The van der Waals surface area contributed by atoms with Gasteiger partial charge in [0.05, 0.1) is 0 Å². The Balaban J connectivity index is 1.88. The van der Waals surface area contributed by atoms with Gasteiger partial charge in [0.15, 0.2) is 5.70 Å². The Hall–Kier alpha value is -2.20. The molecule has 4 heteroatoms.